The van der Waals surface area contributed by atoms with E-state index < -0.39 is 6.10 Å². The van der Waals surface area contributed by atoms with Gasteiger partial charge in [-0.05, 0) is 29.9 Å². The summed E-state index contributed by atoms with van der Waals surface area (Å²) in [6.07, 6.45) is 2.01. The average Bonchev–Trinajstić information content (AvgIpc) is 3.01. The summed E-state index contributed by atoms with van der Waals surface area (Å²) in [6.45, 7) is 0. The van der Waals surface area contributed by atoms with E-state index in [1.807, 2.05) is 24.3 Å². The Bertz CT molecular complexity index is 363. The molecule has 0 heterocycles. The monoisotopic (exact) mass is 187 g/mol. The van der Waals surface area contributed by atoms with Gasteiger partial charge in [-0.15, -0.1) is 0 Å². The first-order valence-corrected chi connectivity index (χ1v) is 4.96. The normalized spacial score (nSPS) is 17.4. The fourth-order valence-electron chi connectivity index (χ4n) is 1.78. The van der Waals surface area contributed by atoms with Gasteiger partial charge in [-0.3, -0.25) is 0 Å². The largest absolute Gasteiger partial charge is 0.387 e. The molecule has 1 aliphatic carbocycles. The number of nitrogens with zero attached hydrogens (tertiary/aromatic N) is 1. The molecular weight excluding hydrogens is 174 g/mol. The van der Waals surface area contributed by atoms with Crippen LogP contribution < -0.4 is 0 Å². The summed E-state index contributed by atoms with van der Waals surface area (Å²) in [4.78, 5) is 0. The van der Waals surface area contributed by atoms with Crippen LogP contribution in [0.5, 0.6) is 0 Å². The highest BCUT2D eigenvalue weighted by atomic mass is 16.3. The highest BCUT2D eigenvalue weighted by Gasteiger charge is 2.27. The minimum atomic E-state index is -0.614. The smallest absolute Gasteiger partial charge is 0.0922 e. The molecule has 2 nitrogen and oxygen atoms in total. The van der Waals surface area contributed by atoms with E-state index in [-0.39, 0.29) is 6.42 Å². The van der Waals surface area contributed by atoms with Crippen LogP contribution >= 0.6 is 0 Å². The van der Waals surface area contributed by atoms with Gasteiger partial charge in [0.2, 0.25) is 0 Å². The van der Waals surface area contributed by atoms with Gasteiger partial charge >= 0.3 is 0 Å². The molecule has 14 heavy (non-hydrogen) atoms. The van der Waals surface area contributed by atoms with E-state index in [4.69, 9.17) is 5.26 Å². The fraction of sp³-hybridized carbons (Fsp3) is 0.417. The zero-order chi connectivity index (χ0) is 9.97. The summed E-state index contributed by atoms with van der Waals surface area (Å²) in [5.41, 5.74) is 2.17. The summed E-state index contributed by atoms with van der Waals surface area (Å²) < 4.78 is 0. The van der Waals surface area contributed by atoms with Crippen LogP contribution in [0.25, 0.3) is 0 Å². The molecule has 0 saturated heterocycles. The molecule has 1 aliphatic rings. The third-order valence-corrected chi connectivity index (χ3v) is 2.66. The van der Waals surface area contributed by atoms with Crippen molar-refractivity contribution in [3.63, 3.8) is 0 Å². The van der Waals surface area contributed by atoms with Crippen molar-refractivity contribution in [2.45, 2.75) is 31.3 Å². The lowest BCUT2D eigenvalue weighted by molar-refractivity contribution is 0.182. The number of nitriles is 1. The van der Waals surface area contributed by atoms with Crippen molar-refractivity contribution in [3.8, 4) is 6.07 Å². The summed E-state index contributed by atoms with van der Waals surface area (Å²) in [5, 5.41) is 18.3. The second-order valence-corrected chi connectivity index (χ2v) is 3.78. The molecule has 0 aliphatic heterocycles. The number of benzene rings is 1. The Balaban J connectivity index is 2.27. The Labute approximate surface area is 83.8 Å². The molecule has 0 radical (unpaired) electrons. The van der Waals surface area contributed by atoms with E-state index in [2.05, 4.69) is 6.07 Å². The Morgan fingerprint density at radius 2 is 2.14 bits per heavy atom. The van der Waals surface area contributed by atoms with Crippen LogP contribution in [0.4, 0.5) is 0 Å². The van der Waals surface area contributed by atoms with Gasteiger partial charge in [0.15, 0.2) is 0 Å². The third kappa shape index (κ3) is 1.78. The van der Waals surface area contributed by atoms with Gasteiger partial charge in [0.1, 0.15) is 0 Å². The Morgan fingerprint density at radius 1 is 1.43 bits per heavy atom. The molecule has 1 aromatic carbocycles. The maximum atomic E-state index is 9.76. The predicted molar refractivity (Wildman–Crippen MR) is 53.6 cm³/mol. The molecule has 1 fully saturated rings. The van der Waals surface area contributed by atoms with Crippen molar-refractivity contribution in [2.24, 2.45) is 0 Å². The maximum absolute atomic E-state index is 9.76. The third-order valence-electron chi connectivity index (χ3n) is 2.66. The molecule has 1 saturated carbocycles. The van der Waals surface area contributed by atoms with E-state index in [0.29, 0.717) is 5.92 Å². The van der Waals surface area contributed by atoms with Crippen molar-refractivity contribution in [2.75, 3.05) is 0 Å². The molecule has 1 unspecified atom stereocenters. The quantitative estimate of drug-likeness (QED) is 0.790. The van der Waals surface area contributed by atoms with Gasteiger partial charge in [-0.25, -0.2) is 0 Å². The lowest BCUT2D eigenvalue weighted by Gasteiger charge is -2.12. The fourth-order valence-corrected chi connectivity index (χ4v) is 1.78. The van der Waals surface area contributed by atoms with Crippen LogP contribution in [0.1, 0.15) is 42.4 Å². The van der Waals surface area contributed by atoms with Gasteiger partial charge in [0, 0.05) is 0 Å². The summed E-state index contributed by atoms with van der Waals surface area (Å²) in [6, 6.07) is 9.91. The first kappa shape index (κ1) is 9.23. The van der Waals surface area contributed by atoms with E-state index in [9.17, 15) is 5.11 Å². The Morgan fingerprint density at radius 3 is 2.79 bits per heavy atom. The molecule has 0 aromatic heterocycles. The van der Waals surface area contributed by atoms with Crippen molar-refractivity contribution < 1.29 is 5.11 Å². The average molecular weight is 187 g/mol. The van der Waals surface area contributed by atoms with Gasteiger partial charge in [0.05, 0.1) is 18.6 Å². The number of hydrogen-bond acceptors (Lipinski definition) is 2. The topological polar surface area (TPSA) is 44.0 Å². The lowest BCUT2D eigenvalue weighted by Crippen LogP contribution is -2.00. The van der Waals surface area contributed by atoms with Gasteiger partial charge in [-0.2, -0.15) is 5.26 Å². The zero-order valence-corrected chi connectivity index (χ0v) is 7.98. The highest BCUT2D eigenvalue weighted by molar-refractivity contribution is 5.35. The molecule has 1 atom stereocenters. The van der Waals surface area contributed by atoms with Gasteiger partial charge < -0.3 is 5.11 Å². The molecule has 2 heteroatoms. The van der Waals surface area contributed by atoms with E-state index in [1.54, 1.807) is 0 Å². The van der Waals surface area contributed by atoms with E-state index in [0.717, 1.165) is 5.56 Å². The van der Waals surface area contributed by atoms with Crippen LogP contribution in [-0.2, 0) is 0 Å². The van der Waals surface area contributed by atoms with Crippen molar-refractivity contribution in [1.29, 1.82) is 5.26 Å². The minimum absolute atomic E-state index is 0.184. The molecule has 2 rings (SSSR count). The maximum Gasteiger partial charge on any atom is 0.0922 e. The van der Waals surface area contributed by atoms with Crippen LogP contribution in [-0.4, -0.2) is 5.11 Å². The second-order valence-electron chi connectivity index (χ2n) is 3.78. The molecule has 0 bridgehead atoms. The van der Waals surface area contributed by atoms with Crippen LogP contribution in [0, 0.1) is 11.3 Å². The van der Waals surface area contributed by atoms with Crippen molar-refractivity contribution in [1.82, 2.24) is 0 Å². The highest BCUT2D eigenvalue weighted by Crippen LogP contribution is 2.43. The summed E-state index contributed by atoms with van der Waals surface area (Å²) in [5.74, 6) is 0.625. The molecule has 0 spiro atoms. The second kappa shape index (κ2) is 3.81. The number of hydrogen-bond donors (Lipinski definition) is 1. The zero-order valence-electron chi connectivity index (χ0n) is 7.98. The SMILES string of the molecule is N#CCC(O)c1ccccc1C1CC1. The first-order valence-electron chi connectivity index (χ1n) is 4.96. The lowest BCUT2D eigenvalue weighted by atomic mass is 9.97. The van der Waals surface area contributed by atoms with Crippen LogP contribution in [0.2, 0.25) is 0 Å². The van der Waals surface area contributed by atoms with Gasteiger partial charge in [0.25, 0.3) is 0 Å². The van der Waals surface area contributed by atoms with Crippen LogP contribution in [0.15, 0.2) is 24.3 Å². The minimum Gasteiger partial charge on any atom is -0.387 e. The molecule has 1 aromatic rings. The number of aliphatic hydroxyl groups is 1. The van der Waals surface area contributed by atoms with E-state index >= 15 is 0 Å². The summed E-state index contributed by atoms with van der Waals surface area (Å²) in [7, 11) is 0. The van der Waals surface area contributed by atoms with Crippen molar-refractivity contribution in [3.05, 3.63) is 35.4 Å². The Hall–Kier alpha value is -1.33. The van der Waals surface area contributed by atoms with Gasteiger partial charge in [-0.1, -0.05) is 24.3 Å². The Kier molecular flexibility index (Phi) is 2.51. The van der Waals surface area contributed by atoms with Crippen molar-refractivity contribution >= 4 is 0 Å². The molecular formula is C12H13NO. The number of rotatable bonds is 3. The molecule has 72 valence electrons. The summed E-state index contributed by atoms with van der Waals surface area (Å²) >= 11 is 0. The molecule has 1 N–H and O–H groups in total. The molecule has 0 amide bonds. The standard InChI is InChI=1S/C12H13NO/c13-8-7-12(14)11-4-2-1-3-10(11)9-5-6-9/h1-4,9,12,14H,5-7H2. The number of aliphatic hydroxyl groups excluding tert-OH is 1. The first-order chi connectivity index (χ1) is 6.83. The predicted octanol–water partition coefficient (Wildman–Crippen LogP) is 2.51. The van der Waals surface area contributed by atoms with Crippen LogP contribution in [0.3, 0.4) is 0 Å². The van der Waals surface area contributed by atoms with E-state index in [1.165, 1.54) is 18.4 Å².